The molecule has 1 atom stereocenters. The molecule has 1 rings (SSSR count). The van der Waals surface area contributed by atoms with E-state index < -0.39 is 10.0 Å². The third-order valence-corrected chi connectivity index (χ3v) is 3.90. The highest BCUT2D eigenvalue weighted by atomic mass is 79.9. The van der Waals surface area contributed by atoms with Gasteiger partial charge in [0.25, 0.3) is 0 Å². The summed E-state index contributed by atoms with van der Waals surface area (Å²) < 4.78 is 26.7. The fourth-order valence-electron chi connectivity index (χ4n) is 1.02. The number of hydrogen-bond donors (Lipinski definition) is 2. The van der Waals surface area contributed by atoms with E-state index in [-0.39, 0.29) is 29.9 Å². The number of rotatable bonds is 4. The van der Waals surface area contributed by atoms with Crippen molar-refractivity contribution in [1.29, 1.82) is 0 Å². The second kappa shape index (κ2) is 6.56. The van der Waals surface area contributed by atoms with Crippen molar-refractivity contribution in [2.45, 2.75) is 17.9 Å². The molecule has 92 valence electrons. The molecule has 0 radical (unpaired) electrons. The van der Waals surface area contributed by atoms with E-state index in [4.69, 9.17) is 5.73 Å². The summed E-state index contributed by atoms with van der Waals surface area (Å²) in [6.07, 6.45) is 0. The lowest BCUT2D eigenvalue weighted by Gasteiger charge is -2.11. The summed E-state index contributed by atoms with van der Waals surface area (Å²) in [7, 11) is -3.45. The summed E-state index contributed by atoms with van der Waals surface area (Å²) in [5.41, 5.74) is 5.35. The molecule has 0 heterocycles. The zero-order valence-electron chi connectivity index (χ0n) is 8.68. The Labute approximate surface area is 110 Å². The Hall–Kier alpha value is -0.140. The van der Waals surface area contributed by atoms with Gasteiger partial charge in [0, 0.05) is 17.1 Å². The molecule has 4 nitrogen and oxygen atoms in total. The molecule has 3 N–H and O–H groups in total. The van der Waals surface area contributed by atoms with Crippen molar-refractivity contribution in [3.63, 3.8) is 0 Å². The van der Waals surface area contributed by atoms with Crippen molar-refractivity contribution in [3.8, 4) is 0 Å². The van der Waals surface area contributed by atoms with Crippen LogP contribution in [0.5, 0.6) is 0 Å². The average Bonchev–Trinajstić information content (AvgIpc) is 2.17. The van der Waals surface area contributed by atoms with Crippen LogP contribution in [0.3, 0.4) is 0 Å². The first kappa shape index (κ1) is 15.9. The monoisotopic (exact) mass is 328 g/mol. The maximum absolute atomic E-state index is 11.8. The fourth-order valence-corrected chi connectivity index (χ4v) is 2.87. The molecule has 0 aliphatic rings. The van der Waals surface area contributed by atoms with Crippen molar-refractivity contribution in [2.24, 2.45) is 5.73 Å². The SMILES string of the molecule is C[C@@H](CN)NS(=O)(=O)c1cccc(Br)c1.Cl. The lowest BCUT2D eigenvalue weighted by molar-refractivity contribution is 0.562. The molecule has 0 saturated carbocycles. The molecule has 16 heavy (non-hydrogen) atoms. The molecule has 7 heteroatoms. The Morgan fingerprint density at radius 3 is 2.62 bits per heavy atom. The molecule has 0 saturated heterocycles. The van der Waals surface area contributed by atoms with Crippen LogP contribution in [0.1, 0.15) is 6.92 Å². The van der Waals surface area contributed by atoms with Crippen LogP contribution in [0.25, 0.3) is 0 Å². The quantitative estimate of drug-likeness (QED) is 0.879. The van der Waals surface area contributed by atoms with Gasteiger partial charge < -0.3 is 5.73 Å². The van der Waals surface area contributed by atoms with Gasteiger partial charge in [0.1, 0.15) is 0 Å². The second-order valence-electron chi connectivity index (χ2n) is 3.22. The van der Waals surface area contributed by atoms with Crippen molar-refractivity contribution in [2.75, 3.05) is 6.54 Å². The summed E-state index contributed by atoms with van der Waals surface area (Å²) in [4.78, 5) is 0.233. The molecule has 1 aromatic rings. The normalized spacial score (nSPS) is 12.9. The minimum absolute atomic E-state index is 0. The van der Waals surface area contributed by atoms with Crippen molar-refractivity contribution >= 4 is 38.4 Å². The highest BCUT2D eigenvalue weighted by molar-refractivity contribution is 9.10. The summed E-state index contributed by atoms with van der Waals surface area (Å²) in [5, 5.41) is 0. The maximum Gasteiger partial charge on any atom is 0.240 e. The largest absolute Gasteiger partial charge is 0.329 e. The van der Waals surface area contributed by atoms with Crippen LogP contribution >= 0.6 is 28.3 Å². The standard InChI is InChI=1S/C9H13BrN2O2S.ClH/c1-7(6-11)12-15(13,14)9-4-2-3-8(10)5-9;/h2-5,7,12H,6,11H2,1H3;1H/t7-;/m0./s1. The zero-order valence-corrected chi connectivity index (χ0v) is 11.9. The predicted molar refractivity (Wildman–Crippen MR) is 70.2 cm³/mol. The van der Waals surface area contributed by atoms with E-state index in [1.165, 1.54) is 6.07 Å². The van der Waals surface area contributed by atoms with Gasteiger partial charge in [-0.1, -0.05) is 22.0 Å². The molecule has 1 aromatic carbocycles. The number of sulfonamides is 1. The van der Waals surface area contributed by atoms with Crippen molar-refractivity contribution in [1.82, 2.24) is 4.72 Å². The highest BCUT2D eigenvalue weighted by Gasteiger charge is 2.16. The van der Waals surface area contributed by atoms with Crippen LogP contribution in [-0.2, 0) is 10.0 Å². The van der Waals surface area contributed by atoms with Gasteiger partial charge in [-0.2, -0.15) is 0 Å². The molecule has 0 aliphatic carbocycles. The van der Waals surface area contributed by atoms with Crippen molar-refractivity contribution < 1.29 is 8.42 Å². The molecule has 0 fully saturated rings. The van der Waals surface area contributed by atoms with Crippen LogP contribution in [0.15, 0.2) is 33.6 Å². The van der Waals surface area contributed by atoms with Crippen LogP contribution in [-0.4, -0.2) is 21.0 Å². The summed E-state index contributed by atoms with van der Waals surface area (Å²) in [5.74, 6) is 0. The molecule has 0 aliphatic heterocycles. The Morgan fingerprint density at radius 1 is 1.50 bits per heavy atom. The van der Waals surface area contributed by atoms with Crippen LogP contribution in [0.2, 0.25) is 0 Å². The molecular weight excluding hydrogens is 316 g/mol. The maximum atomic E-state index is 11.8. The third-order valence-electron chi connectivity index (χ3n) is 1.82. The average molecular weight is 330 g/mol. The molecule has 0 amide bonds. The van der Waals surface area contributed by atoms with Gasteiger partial charge in [-0.05, 0) is 25.1 Å². The lowest BCUT2D eigenvalue weighted by atomic mass is 10.4. The smallest absolute Gasteiger partial charge is 0.240 e. The highest BCUT2D eigenvalue weighted by Crippen LogP contribution is 2.15. The fraction of sp³-hybridized carbons (Fsp3) is 0.333. The number of nitrogens with one attached hydrogen (secondary N) is 1. The molecule has 0 spiro atoms. The number of benzene rings is 1. The Bertz CT molecular complexity index is 439. The molecule has 0 unspecified atom stereocenters. The first-order valence-electron chi connectivity index (χ1n) is 4.43. The molecule has 0 bridgehead atoms. The second-order valence-corrected chi connectivity index (χ2v) is 5.85. The summed E-state index contributed by atoms with van der Waals surface area (Å²) in [6.45, 7) is 1.99. The lowest BCUT2D eigenvalue weighted by Crippen LogP contribution is -2.37. The Balaban J connectivity index is 0.00000225. The molecule has 0 aromatic heterocycles. The number of nitrogens with two attached hydrogens (primary N) is 1. The van der Waals surface area contributed by atoms with E-state index in [2.05, 4.69) is 20.7 Å². The van der Waals surface area contributed by atoms with E-state index in [0.29, 0.717) is 0 Å². The number of halogens is 2. The minimum atomic E-state index is -3.45. The van der Waals surface area contributed by atoms with E-state index >= 15 is 0 Å². The summed E-state index contributed by atoms with van der Waals surface area (Å²) >= 11 is 3.22. The zero-order chi connectivity index (χ0) is 11.5. The Kier molecular flexibility index (Phi) is 6.50. The Morgan fingerprint density at radius 2 is 2.12 bits per heavy atom. The van der Waals surface area contributed by atoms with Gasteiger partial charge in [0.15, 0.2) is 0 Å². The van der Waals surface area contributed by atoms with Crippen LogP contribution in [0, 0.1) is 0 Å². The van der Waals surface area contributed by atoms with Gasteiger partial charge in [0.05, 0.1) is 4.90 Å². The van der Waals surface area contributed by atoms with Gasteiger partial charge >= 0.3 is 0 Å². The molecular formula is C9H14BrClN2O2S. The van der Waals surface area contributed by atoms with Crippen LogP contribution < -0.4 is 10.5 Å². The topological polar surface area (TPSA) is 72.2 Å². The first-order valence-corrected chi connectivity index (χ1v) is 6.71. The van der Waals surface area contributed by atoms with Gasteiger partial charge in [-0.15, -0.1) is 12.4 Å². The summed E-state index contributed by atoms with van der Waals surface area (Å²) in [6, 6.07) is 6.26. The minimum Gasteiger partial charge on any atom is -0.329 e. The van der Waals surface area contributed by atoms with Gasteiger partial charge in [-0.25, -0.2) is 13.1 Å². The van der Waals surface area contributed by atoms with E-state index in [9.17, 15) is 8.42 Å². The first-order chi connectivity index (χ1) is 6.95. The van der Waals surface area contributed by atoms with E-state index in [0.717, 1.165) is 4.47 Å². The number of hydrogen-bond acceptors (Lipinski definition) is 3. The van der Waals surface area contributed by atoms with Gasteiger partial charge in [0.2, 0.25) is 10.0 Å². The van der Waals surface area contributed by atoms with E-state index in [1.54, 1.807) is 25.1 Å². The van der Waals surface area contributed by atoms with E-state index in [1.807, 2.05) is 0 Å². The van der Waals surface area contributed by atoms with Crippen LogP contribution in [0.4, 0.5) is 0 Å². The van der Waals surface area contributed by atoms with Crippen molar-refractivity contribution in [3.05, 3.63) is 28.7 Å². The predicted octanol–water partition coefficient (Wildman–Crippen LogP) is 1.50. The van der Waals surface area contributed by atoms with Gasteiger partial charge in [-0.3, -0.25) is 0 Å². The third kappa shape index (κ3) is 4.39.